The molecule has 2 amide bonds. The molecule has 0 aliphatic heterocycles. The molecule has 6 heteroatoms. The fraction of sp³-hybridized carbons (Fsp3) is 0.900. The predicted molar refractivity (Wildman–Crippen MR) is 101 cm³/mol. The standard InChI is InChI=1S/C20H35N3O3/c1-14(23(2)13-18(24)21-5-4-6-26-3)19(25)22-20-10-15-7-16(11-20)9-17(8-15)12-20/h14-17H,4-13H2,1-3H3,(H,21,24)(H,22,25). The van der Waals surface area contributed by atoms with Crippen molar-refractivity contribution < 1.29 is 14.3 Å². The van der Waals surface area contributed by atoms with Gasteiger partial charge in [0.2, 0.25) is 11.8 Å². The van der Waals surface area contributed by atoms with Gasteiger partial charge >= 0.3 is 0 Å². The molecule has 0 heterocycles. The molecule has 4 fully saturated rings. The topological polar surface area (TPSA) is 70.7 Å². The van der Waals surface area contributed by atoms with Gasteiger partial charge in [-0.05, 0) is 76.7 Å². The van der Waals surface area contributed by atoms with Gasteiger partial charge in [-0.15, -0.1) is 0 Å². The number of likely N-dealkylation sites (N-methyl/N-ethyl adjacent to an activating group) is 1. The number of hydrogen-bond acceptors (Lipinski definition) is 4. The van der Waals surface area contributed by atoms with Crippen LogP contribution in [-0.2, 0) is 14.3 Å². The maximum absolute atomic E-state index is 12.8. The van der Waals surface area contributed by atoms with E-state index >= 15 is 0 Å². The molecule has 2 N–H and O–H groups in total. The van der Waals surface area contributed by atoms with Gasteiger partial charge in [0.05, 0.1) is 12.6 Å². The molecule has 0 radical (unpaired) electrons. The number of methoxy groups -OCH3 is 1. The molecule has 4 rings (SSSR count). The second kappa shape index (κ2) is 8.26. The number of carbonyl (C=O) groups is 2. The largest absolute Gasteiger partial charge is 0.385 e. The van der Waals surface area contributed by atoms with E-state index in [2.05, 4.69) is 10.6 Å². The molecule has 1 atom stereocenters. The third-order valence-electron chi connectivity index (χ3n) is 6.71. The quantitative estimate of drug-likeness (QED) is 0.608. The molecule has 0 spiro atoms. The first-order valence-electron chi connectivity index (χ1n) is 10.2. The second-order valence-corrected chi connectivity index (χ2v) is 8.97. The van der Waals surface area contributed by atoms with Crippen molar-refractivity contribution in [3.8, 4) is 0 Å². The number of hydrogen-bond donors (Lipinski definition) is 2. The molecule has 0 saturated heterocycles. The maximum atomic E-state index is 12.8. The molecule has 148 valence electrons. The van der Waals surface area contributed by atoms with Crippen molar-refractivity contribution in [2.45, 2.75) is 63.5 Å². The average Bonchev–Trinajstić information content (AvgIpc) is 2.56. The average molecular weight is 366 g/mol. The Kier molecular flexibility index (Phi) is 6.23. The summed E-state index contributed by atoms with van der Waals surface area (Å²) in [5.74, 6) is 2.46. The Balaban J connectivity index is 1.46. The highest BCUT2D eigenvalue weighted by Gasteiger charge is 2.51. The van der Waals surface area contributed by atoms with Crippen molar-refractivity contribution in [2.24, 2.45) is 17.8 Å². The van der Waals surface area contributed by atoms with Crippen molar-refractivity contribution in [3.63, 3.8) is 0 Å². The fourth-order valence-electron chi connectivity index (χ4n) is 5.69. The van der Waals surface area contributed by atoms with E-state index in [1.165, 1.54) is 19.3 Å². The minimum Gasteiger partial charge on any atom is -0.385 e. The number of nitrogens with one attached hydrogen (secondary N) is 2. The summed E-state index contributed by atoms with van der Waals surface area (Å²) in [6.07, 6.45) is 8.37. The third kappa shape index (κ3) is 4.58. The van der Waals surface area contributed by atoms with Gasteiger partial charge in [0, 0.05) is 25.8 Å². The SMILES string of the molecule is COCCCNC(=O)CN(C)C(C)C(=O)NC12CC3CC(CC(C3)C1)C2. The van der Waals surface area contributed by atoms with Crippen LogP contribution >= 0.6 is 0 Å². The molecule has 6 nitrogen and oxygen atoms in total. The Labute approximate surface area is 157 Å². The fourth-order valence-corrected chi connectivity index (χ4v) is 5.69. The summed E-state index contributed by atoms with van der Waals surface area (Å²) in [6.45, 7) is 3.38. The van der Waals surface area contributed by atoms with Crippen LogP contribution in [0.5, 0.6) is 0 Å². The van der Waals surface area contributed by atoms with Crippen LogP contribution in [0, 0.1) is 17.8 Å². The zero-order valence-electron chi connectivity index (χ0n) is 16.6. The van der Waals surface area contributed by atoms with Gasteiger partial charge in [-0.3, -0.25) is 14.5 Å². The summed E-state index contributed by atoms with van der Waals surface area (Å²) in [7, 11) is 3.50. The van der Waals surface area contributed by atoms with Crippen LogP contribution in [0.25, 0.3) is 0 Å². The zero-order chi connectivity index (χ0) is 18.7. The minimum atomic E-state index is -0.298. The first-order chi connectivity index (χ1) is 12.4. The molecule has 0 aromatic heterocycles. The van der Waals surface area contributed by atoms with Crippen LogP contribution in [0.4, 0.5) is 0 Å². The van der Waals surface area contributed by atoms with E-state index < -0.39 is 0 Å². The van der Waals surface area contributed by atoms with Crippen LogP contribution in [0.1, 0.15) is 51.9 Å². The molecule has 4 bridgehead atoms. The van der Waals surface area contributed by atoms with Gasteiger partial charge in [-0.25, -0.2) is 0 Å². The van der Waals surface area contributed by atoms with Gasteiger partial charge in [-0.1, -0.05) is 0 Å². The summed E-state index contributed by atoms with van der Waals surface area (Å²) in [4.78, 5) is 26.7. The maximum Gasteiger partial charge on any atom is 0.237 e. The van der Waals surface area contributed by atoms with E-state index in [0.29, 0.717) is 13.2 Å². The third-order valence-corrected chi connectivity index (χ3v) is 6.71. The lowest BCUT2D eigenvalue weighted by Gasteiger charge is -2.57. The Bertz CT molecular complexity index is 487. The smallest absolute Gasteiger partial charge is 0.237 e. The summed E-state index contributed by atoms with van der Waals surface area (Å²) in [5, 5.41) is 6.29. The highest BCUT2D eigenvalue weighted by molar-refractivity contribution is 5.84. The Morgan fingerprint density at radius 2 is 1.73 bits per heavy atom. The van der Waals surface area contributed by atoms with Crippen molar-refractivity contribution >= 4 is 11.8 Å². The molecule has 1 unspecified atom stereocenters. The second-order valence-electron chi connectivity index (χ2n) is 8.97. The van der Waals surface area contributed by atoms with E-state index in [4.69, 9.17) is 4.74 Å². The zero-order valence-corrected chi connectivity index (χ0v) is 16.6. The molecule has 26 heavy (non-hydrogen) atoms. The Morgan fingerprint density at radius 1 is 1.15 bits per heavy atom. The van der Waals surface area contributed by atoms with E-state index in [0.717, 1.165) is 43.4 Å². The van der Waals surface area contributed by atoms with E-state index in [9.17, 15) is 9.59 Å². The van der Waals surface area contributed by atoms with Crippen molar-refractivity contribution in [2.75, 3.05) is 33.9 Å². The van der Waals surface area contributed by atoms with E-state index in [1.54, 1.807) is 7.11 Å². The molecule has 4 saturated carbocycles. The lowest BCUT2D eigenvalue weighted by Crippen LogP contribution is -2.62. The van der Waals surface area contributed by atoms with Crippen LogP contribution in [-0.4, -0.2) is 62.1 Å². The van der Waals surface area contributed by atoms with Crippen LogP contribution in [0.15, 0.2) is 0 Å². The van der Waals surface area contributed by atoms with Gasteiger partial charge in [0.15, 0.2) is 0 Å². The normalized spacial score (nSPS) is 33.3. The molecule has 4 aliphatic rings. The number of ether oxygens (including phenoxy) is 1. The number of amides is 2. The van der Waals surface area contributed by atoms with Crippen LogP contribution < -0.4 is 10.6 Å². The van der Waals surface area contributed by atoms with Gasteiger partial charge < -0.3 is 15.4 Å². The summed E-state index contributed by atoms with van der Waals surface area (Å²) < 4.78 is 4.97. The number of nitrogens with zero attached hydrogens (tertiary/aromatic N) is 1. The first kappa shape index (κ1) is 19.6. The highest BCUT2D eigenvalue weighted by Crippen LogP contribution is 2.55. The summed E-state index contributed by atoms with van der Waals surface area (Å²) in [5.41, 5.74) is 0.0311. The summed E-state index contributed by atoms with van der Waals surface area (Å²) >= 11 is 0. The molecule has 0 aromatic carbocycles. The number of rotatable bonds is 9. The lowest BCUT2D eigenvalue weighted by molar-refractivity contribution is -0.132. The van der Waals surface area contributed by atoms with Crippen molar-refractivity contribution in [3.05, 3.63) is 0 Å². The monoisotopic (exact) mass is 365 g/mol. The Hall–Kier alpha value is -1.14. The van der Waals surface area contributed by atoms with E-state index in [-0.39, 0.29) is 29.9 Å². The van der Waals surface area contributed by atoms with Gasteiger partial charge in [0.25, 0.3) is 0 Å². The van der Waals surface area contributed by atoms with Gasteiger partial charge in [0.1, 0.15) is 0 Å². The van der Waals surface area contributed by atoms with Crippen LogP contribution in [0.3, 0.4) is 0 Å². The predicted octanol–water partition coefficient (Wildman–Crippen LogP) is 1.54. The van der Waals surface area contributed by atoms with Crippen molar-refractivity contribution in [1.82, 2.24) is 15.5 Å². The van der Waals surface area contributed by atoms with Crippen LogP contribution in [0.2, 0.25) is 0 Å². The lowest BCUT2D eigenvalue weighted by atomic mass is 9.53. The van der Waals surface area contributed by atoms with E-state index in [1.807, 2.05) is 18.9 Å². The molecular formula is C20H35N3O3. The molecular weight excluding hydrogens is 330 g/mol. The Morgan fingerprint density at radius 3 is 2.27 bits per heavy atom. The first-order valence-corrected chi connectivity index (χ1v) is 10.2. The molecule has 0 aromatic rings. The molecule has 4 aliphatic carbocycles. The van der Waals surface area contributed by atoms with Gasteiger partial charge in [-0.2, -0.15) is 0 Å². The highest BCUT2D eigenvalue weighted by atomic mass is 16.5. The summed E-state index contributed by atoms with van der Waals surface area (Å²) in [6, 6.07) is -0.298. The van der Waals surface area contributed by atoms with Crippen molar-refractivity contribution in [1.29, 1.82) is 0 Å². The number of carbonyl (C=O) groups excluding carboxylic acids is 2. The minimum absolute atomic E-state index is 0.0311.